The minimum atomic E-state index is -0.976. The molecular weight excluding hydrogens is 264 g/mol. The largest absolute Gasteiger partial charge is 0.380 e. The maximum Gasteiger partial charge on any atom is 0.322 e. The lowest BCUT2D eigenvalue weighted by atomic mass is 9.89. The number of rotatable bonds is 4. The standard InChI is InChI=1S/C12H20N4O4/c1-20-8(6-13)5-9(17)16-4-2-3-12(7-16)10(18)14-11(19)15-12/h8H,2-7,13H2,1H3,(H2,14,15,18,19). The summed E-state index contributed by atoms with van der Waals surface area (Å²) in [7, 11) is 1.51. The van der Waals surface area contributed by atoms with Crippen LogP contribution in [0.1, 0.15) is 19.3 Å². The number of carbonyl (C=O) groups is 3. The number of urea groups is 1. The third-order valence-corrected chi connectivity index (χ3v) is 3.86. The van der Waals surface area contributed by atoms with Crippen LogP contribution in [0.25, 0.3) is 0 Å². The molecule has 2 rings (SSSR count). The molecule has 0 bridgehead atoms. The summed E-state index contributed by atoms with van der Waals surface area (Å²) in [5, 5.41) is 4.86. The molecule has 2 unspecified atom stereocenters. The number of imide groups is 1. The fourth-order valence-corrected chi connectivity index (χ4v) is 2.67. The Morgan fingerprint density at radius 1 is 1.55 bits per heavy atom. The van der Waals surface area contributed by atoms with Gasteiger partial charge in [-0.05, 0) is 12.8 Å². The minimum Gasteiger partial charge on any atom is -0.380 e. The number of methoxy groups -OCH3 is 1. The zero-order valence-corrected chi connectivity index (χ0v) is 11.5. The zero-order chi connectivity index (χ0) is 14.8. The molecule has 2 saturated heterocycles. The maximum absolute atomic E-state index is 12.2. The van der Waals surface area contributed by atoms with Gasteiger partial charge in [0.15, 0.2) is 0 Å². The average molecular weight is 284 g/mol. The molecule has 0 aromatic carbocycles. The SMILES string of the molecule is COC(CN)CC(=O)N1CCCC2(C1)NC(=O)NC2=O. The van der Waals surface area contributed by atoms with Gasteiger partial charge < -0.3 is 20.7 Å². The first-order valence-electron chi connectivity index (χ1n) is 6.65. The smallest absolute Gasteiger partial charge is 0.322 e. The highest BCUT2D eigenvalue weighted by Crippen LogP contribution is 2.25. The quantitative estimate of drug-likeness (QED) is 0.547. The summed E-state index contributed by atoms with van der Waals surface area (Å²) < 4.78 is 5.09. The predicted octanol–water partition coefficient (Wildman–Crippen LogP) is -1.45. The van der Waals surface area contributed by atoms with Gasteiger partial charge in [-0.1, -0.05) is 0 Å². The summed E-state index contributed by atoms with van der Waals surface area (Å²) in [5.74, 6) is -0.475. The number of carbonyl (C=O) groups excluding carboxylic acids is 3. The third-order valence-electron chi connectivity index (χ3n) is 3.86. The van der Waals surface area contributed by atoms with Crippen LogP contribution in [-0.4, -0.2) is 61.1 Å². The molecule has 2 aliphatic rings. The van der Waals surface area contributed by atoms with E-state index in [1.165, 1.54) is 7.11 Å². The Morgan fingerprint density at radius 2 is 2.30 bits per heavy atom. The molecule has 4 N–H and O–H groups in total. The molecule has 1 spiro atoms. The number of nitrogens with two attached hydrogens (primary N) is 1. The van der Waals surface area contributed by atoms with Crippen LogP contribution in [0.4, 0.5) is 4.79 Å². The van der Waals surface area contributed by atoms with E-state index in [9.17, 15) is 14.4 Å². The van der Waals surface area contributed by atoms with Crippen LogP contribution in [0.5, 0.6) is 0 Å². The number of amides is 4. The van der Waals surface area contributed by atoms with Gasteiger partial charge in [0.1, 0.15) is 5.54 Å². The first-order chi connectivity index (χ1) is 9.50. The molecular formula is C12H20N4O4. The maximum atomic E-state index is 12.2. The first-order valence-corrected chi connectivity index (χ1v) is 6.65. The molecule has 112 valence electrons. The van der Waals surface area contributed by atoms with Crippen LogP contribution in [0.15, 0.2) is 0 Å². The van der Waals surface area contributed by atoms with Gasteiger partial charge >= 0.3 is 6.03 Å². The number of hydrogen-bond acceptors (Lipinski definition) is 5. The van der Waals surface area contributed by atoms with Gasteiger partial charge in [-0.3, -0.25) is 14.9 Å². The summed E-state index contributed by atoms with van der Waals surface area (Å²) in [5.41, 5.74) is 4.52. The Labute approximate surface area is 117 Å². The summed E-state index contributed by atoms with van der Waals surface area (Å²) in [6, 6.07) is -0.499. The summed E-state index contributed by atoms with van der Waals surface area (Å²) in [4.78, 5) is 37.0. The normalized spacial score (nSPS) is 27.4. The highest BCUT2D eigenvalue weighted by atomic mass is 16.5. The zero-order valence-electron chi connectivity index (χ0n) is 11.5. The second-order valence-electron chi connectivity index (χ2n) is 5.21. The number of nitrogens with zero attached hydrogens (tertiary/aromatic N) is 1. The van der Waals surface area contributed by atoms with E-state index in [0.717, 1.165) is 0 Å². The van der Waals surface area contributed by atoms with Gasteiger partial charge in [-0.25, -0.2) is 4.79 Å². The van der Waals surface area contributed by atoms with Crippen molar-refractivity contribution in [2.45, 2.75) is 30.9 Å². The molecule has 2 heterocycles. The van der Waals surface area contributed by atoms with Crippen molar-refractivity contribution in [1.82, 2.24) is 15.5 Å². The van der Waals surface area contributed by atoms with Crippen molar-refractivity contribution in [2.75, 3.05) is 26.7 Å². The topological polar surface area (TPSA) is 114 Å². The molecule has 2 fully saturated rings. The van der Waals surface area contributed by atoms with E-state index in [-0.39, 0.29) is 37.4 Å². The van der Waals surface area contributed by atoms with Crippen molar-refractivity contribution in [2.24, 2.45) is 5.73 Å². The van der Waals surface area contributed by atoms with Crippen LogP contribution in [-0.2, 0) is 14.3 Å². The lowest BCUT2D eigenvalue weighted by Gasteiger charge is -2.38. The third kappa shape index (κ3) is 2.75. The molecule has 0 saturated carbocycles. The van der Waals surface area contributed by atoms with Gasteiger partial charge in [0.2, 0.25) is 5.91 Å². The molecule has 8 nitrogen and oxygen atoms in total. The lowest BCUT2D eigenvalue weighted by Crippen LogP contribution is -2.59. The minimum absolute atomic E-state index is 0.115. The van der Waals surface area contributed by atoms with E-state index in [1.807, 2.05) is 0 Å². The molecule has 0 aromatic heterocycles. The first kappa shape index (κ1) is 14.7. The Bertz CT molecular complexity index is 424. The highest BCUT2D eigenvalue weighted by molar-refractivity contribution is 6.07. The van der Waals surface area contributed by atoms with Crippen LogP contribution < -0.4 is 16.4 Å². The van der Waals surface area contributed by atoms with E-state index in [1.54, 1.807) is 4.90 Å². The molecule has 8 heteroatoms. The van der Waals surface area contributed by atoms with Crippen molar-refractivity contribution in [1.29, 1.82) is 0 Å². The molecule has 0 radical (unpaired) electrons. The Balaban J connectivity index is 2.02. The number of likely N-dealkylation sites (tertiary alicyclic amines) is 1. The van der Waals surface area contributed by atoms with Gasteiger partial charge in [0.25, 0.3) is 5.91 Å². The highest BCUT2D eigenvalue weighted by Gasteiger charge is 2.49. The van der Waals surface area contributed by atoms with Gasteiger partial charge in [0.05, 0.1) is 19.1 Å². The molecule has 20 heavy (non-hydrogen) atoms. The van der Waals surface area contributed by atoms with Crippen molar-refractivity contribution in [3.05, 3.63) is 0 Å². The van der Waals surface area contributed by atoms with Crippen molar-refractivity contribution in [3.8, 4) is 0 Å². The summed E-state index contributed by atoms with van der Waals surface area (Å²) in [6.07, 6.45) is 1.06. The monoisotopic (exact) mass is 284 g/mol. The Hall–Kier alpha value is -1.67. The fraction of sp³-hybridized carbons (Fsp3) is 0.750. The molecule has 0 aliphatic carbocycles. The van der Waals surface area contributed by atoms with E-state index >= 15 is 0 Å². The van der Waals surface area contributed by atoms with Crippen molar-refractivity contribution < 1.29 is 19.1 Å². The second kappa shape index (κ2) is 5.76. The summed E-state index contributed by atoms with van der Waals surface area (Å²) in [6.45, 7) is 1.04. The van der Waals surface area contributed by atoms with E-state index in [0.29, 0.717) is 19.4 Å². The van der Waals surface area contributed by atoms with Gasteiger partial charge in [0, 0.05) is 20.2 Å². The summed E-state index contributed by atoms with van der Waals surface area (Å²) >= 11 is 0. The second-order valence-corrected chi connectivity index (χ2v) is 5.21. The predicted molar refractivity (Wildman–Crippen MR) is 69.7 cm³/mol. The van der Waals surface area contributed by atoms with E-state index < -0.39 is 11.6 Å². The van der Waals surface area contributed by atoms with Gasteiger partial charge in [-0.15, -0.1) is 0 Å². The van der Waals surface area contributed by atoms with Crippen LogP contribution in [0.3, 0.4) is 0 Å². The van der Waals surface area contributed by atoms with E-state index in [2.05, 4.69) is 10.6 Å². The number of piperidine rings is 1. The number of nitrogens with one attached hydrogen (secondary N) is 2. The Morgan fingerprint density at radius 3 is 2.85 bits per heavy atom. The molecule has 2 aliphatic heterocycles. The van der Waals surface area contributed by atoms with Crippen LogP contribution in [0.2, 0.25) is 0 Å². The molecule has 4 amide bonds. The molecule has 2 atom stereocenters. The van der Waals surface area contributed by atoms with E-state index in [4.69, 9.17) is 10.5 Å². The van der Waals surface area contributed by atoms with Crippen LogP contribution >= 0.6 is 0 Å². The number of hydrogen-bond donors (Lipinski definition) is 3. The Kier molecular flexibility index (Phi) is 4.24. The average Bonchev–Trinajstić information content (AvgIpc) is 2.69. The van der Waals surface area contributed by atoms with Crippen molar-refractivity contribution >= 4 is 17.8 Å². The fourth-order valence-electron chi connectivity index (χ4n) is 2.67. The van der Waals surface area contributed by atoms with Gasteiger partial charge in [-0.2, -0.15) is 0 Å². The molecule has 0 aromatic rings. The van der Waals surface area contributed by atoms with Crippen LogP contribution in [0, 0.1) is 0 Å². The lowest BCUT2D eigenvalue weighted by molar-refractivity contribution is -0.138. The van der Waals surface area contributed by atoms with Crippen molar-refractivity contribution in [3.63, 3.8) is 0 Å². The number of ether oxygens (including phenoxy) is 1.